The second kappa shape index (κ2) is 4.03. The van der Waals surface area contributed by atoms with Crippen molar-refractivity contribution in [3.05, 3.63) is 41.5 Å². The number of halogens is 1. The second-order valence-electron chi connectivity index (χ2n) is 3.88. The summed E-state index contributed by atoms with van der Waals surface area (Å²) in [5.74, 6) is 1.35. The van der Waals surface area contributed by atoms with E-state index in [9.17, 15) is 4.39 Å². The van der Waals surface area contributed by atoms with Crippen LogP contribution in [0.15, 0.2) is 29.4 Å². The second-order valence-corrected chi connectivity index (χ2v) is 4.87. The normalized spacial score (nSPS) is 18.6. The van der Waals surface area contributed by atoms with Crippen molar-refractivity contribution in [1.29, 1.82) is 0 Å². The van der Waals surface area contributed by atoms with E-state index < -0.39 is 0 Å². The van der Waals surface area contributed by atoms with Crippen LogP contribution in [-0.2, 0) is 0 Å². The van der Waals surface area contributed by atoms with Crippen LogP contribution in [-0.4, -0.2) is 20.6 Å². The Bertz CT molecular complexity index is 554. The number of nitrogens with zero attached hydrogens (tertiary/aromatic N) is 3. The lowest BCUT2D eigenvalue weighted by molar-refractivity contribution is 0.574. The van der Waals surface area contributed by atoms with E-state index in [0.29, 0.717) is 5.56 Å². The number of fused-ring (bicyclic) bond motifs is 1. The SMILES string of the molecule is Cc1nnc2n1NC(c1ccccc1F)CS2. The average Bonchev–Trinajstić information content (AvgIpc) is 2.71. The van der Waals surface area contributed by atoms with Crippen LogP contribution < -0.4 is 5.43 Å². The molecule has 88 valence electrons. The number of benzene rings is 1. The monoisotopic (exact) mass is 250 g/mol. The van der Waals surface area contributed by atoms with Gasteiger partial charge in [0.1, 0.15) is 11.6 Å². The van der Waals surface area contributed by atoms with Crippen LogP contribution in [0.2, 0.25) is 0 Å². The zero-order valence-electron chi connectivity index (χ0n) is 9.22. The number of thioether (sulfide) groups is 1. The predicted octanol–water partition coefficient (Wildman–Crippen LogP) is 2.12. The van der Waals surface area contributed by atoms with Crippen LogP contribution in [0, 0.1) is 12.7 Å². The molecule has 0 fully saturated rings. The summed E-state index contributed by atoms with van der Waals surface area (Å²) < 4.78 is 15.5. The Hall–Kier alpha value is -1.56. The molecule has 17 heavy (non-hydrogen) atoms. The van der Waals surface area contributed by atoms with E-state index in [-0.39, 0.29) is 11.9 Å². The summed E-state index contributed by atoms with van der Waals surface area (Å²) in [7, 11) is 0. The molecule has 1 atom stereocenters. The van der Waals surface area contributed by atoms with E-state index in [0.717, 1.165) is 16.7 Å². The van der Waals surface area contributed by atoms with Gasteiger partial charge in [0.05, 0.1) is 6.04 Å². The van der Waals surface area contributed by atoms with E-state index in [1.54, 1.807) is 23.9 Å². The molecule has 0 aliphatic carbocycles. The van der Waals surface area contributed by atoms with Crippen molar-refractivity contribution in [1.82, 2.24) is 14.9 Å². The Kier molecular flexibility index (Phi) is 2.51. The summed E-state index contributed by atoms with van der Waals surface area (Å²) in [5, 5.41) is 8.84. The Labute approximate surface area is 102 Å². The van der Waals surface area contributed by atoms with Gasteiger partial charge in [0.25, 0.3) is 0 Å². The minimum absolute atomic E-state index is 0.0524. The quantitative estimate of drug-likeness (QED) is 0.842. The number of hydrogen-bond acceptors (Lipinski definition) is 4. The molecule has 3 rings (SSSR count). The highest BCUT2D eigenvalue weighted by Crippen LogP contribution is 2.30. The molecule has 0 saturated carbocycles. The van der Waals surface area contributed by atoms with Gasteiger partial charge in [0.15, 0.2) is 0 Å². The molecule has 0 radical (unpaired) electrons. The smallest absolute Gasteiger partial charge is 0.210 e. The molecule has 1 aromatic heterocycles. The molecule has 6 heteroatoms. The van der Waals surface area contributed by atoms with Crippen molar-refractivity contribution in [3.63, 3.8) is 0 Å². The number of hydrogen-bond donors (Lipinski definition) is 1. The lowest BCUT2D eigenvalue weighted by Gasteiger charge is -2.26. The van der Waals surface area contributed by atoms with Crippen LogP contribution in [0.5, 0.6) is 0 Å². The Balaban J connectivity index is 1.94. The Morgan fingerprint density at radius 3 is 3.06 bits per heavy atom. The van der Waals surface area contributed by atoms with Crippen molar-refractivity contribution in [2.75, 3.05) is 11.2 Å². The summed E-state index contributed by atoms with van der Waals surface area (Å²) >= 11 is 1.58. The van der Waals surface area contributed by atoms with Crippen LogP contribution in [0.4, 0.5) is 4.39 Å². The zero-order valence-corrected chi connectivity index (χ0v) is 10.0. The molecular formula is C11H11FN4S. The first-order chi connectivity index (χ1) is 8.25. The first-order valence-electron chi connectivity index (χ1n) is 5.31. The molecule has 4 nitrogen and oxygen atoms in total. The molecule has 1 aromatic carbocycles. The molecule has 1 unspecified atom stereocenters. The molecular weight excluding hydrogens is 239 g/mol. The molecule has 0 bridgehead atoms. The van der Waals surface area contributed by atoms with Gasteiger partial charge in [-0.15, -0.1) is 10.2 Å². The molecule has 1 aliphatic rings. The van der Waals surface area contributed by atoms with Crippen molar-refractivity contribution < 1.29 is 4.39 Å². The van der Waals surface area contributed by atoms with E-state index >= 15 is 0 Å². The summed E-state index contributed by atoms with van der Waals surface area (Å²) in [6.07, 6.45) is 0. The van der Waals surface area contributed by atoms with Gasteiger partial charge in [-0.1, -0.05) is 30.0 Å². The molecule has 0 amide bonds. The highest BCUT2D eigenvalue weighted by Gasteiger charge is 2.24. The van der Waals surface area contributed by atoms with Gasteiger partial charge in [0.2, 0.25) is 5.16 Å². The van der Waals surface area contributed by atoms with Crippen LogP contribution in [0.3, 0.4) is 0 Å². The van der Waals surface area contributed by atoms with Crippen molar-refractivity contribution in [2.24, 2.45) is 0 Å². The molecule has 0 spiro atoms. The third-order valence-corrected chi connectivity index (χ3v) is 3.76. The minimum atomic E-state index is -0.181. The van der Waals surface area contributed by atoms with E-state index in [1.807, 2.05) is 17.7 Å². The van der Waals surface area contributed by atoms with Crippen molar-refractivity contribution in [2.45, 2.75) is 18.1 Å². The Morgan fingerprint density at radius 1 is 1.41 bits per heavy atom. The van der Waals surface area contributed by atoms with Crippen LogP contribution in [0.25, 0.3) is 0 Å². The van der Waals surface area contributed by atoms with Gasteiger partial charge in [-0.3, -0.25) is 0 Å². The van der Waals surface area contributed by atoms with Gasteiger partial charge in [-0.2, -0.15) is 0 Å². The molecule has 2 aromatic rings. The van der Waals surface area contributed by atoms with Gasteiger partial charge < -0.3 is 5.43 Å². The first-order valence-corrected chi connectivity index (χ1v) is 6.30. The third kappa shape index (κ3) is 1.78. The predicted molar refractivity (Wildman–Crippen MR) is 64.0 cm³/mol. The fourth-order valence-corrected chi connectivity index (χ4v) is 2.84. The average molecular weight is 250 g/mol. The summed E-state index contributed by atoms with van der Waals surface area (Å²) in [6, 6.07) is 6.78. The van der Waals surface area contributed by atoms with Gasteiger partial charge in [-0.05, 0) is 13.0 Å². The van der Waals surface area contributed by atoms with Crippen molar-refractivity contribution >= 4 is 11.8 Å². The fourth-order valence-electron chi connectivity index (χ4n) is 1.85. The fraction of sp³-hybridized carbons (Fsp3) is 0.273. The molecule has 1 aliphatic heterocycles. The lowest BCUT2D eigenvalue weighted by atomic mass is 10.1. The number of aryl methyl sites for hydroxylation is 1. The number of rotatable bonds is 1. The number of aromatic nitrogens is 3. The third-order valence-electron chi connectivity index (χ3n) is 2.74. The minimum Gasteiger partial charge on any atom is -0.314 e. The van der Waals surface area contributed by atoms with Crippen molar-refractivity contribution in [3.8, 4) is 0 Å². The largest absolute Gasteiger partial charge is 0.314 e. The zero-order chi connectivity index (χ0) is 11.8. The van der Waals surface area contributed by atoms with Gasteiger partial charge in [0, 0.05) is 11.3 Å². The van der Waals surface area contributed by atoms with Crippen LogP contribution >= 0.6 is 11.8 Å². The lowest BCUT2D eigenvalue weighted by Crippen LogP contribution is -2.29. The van der Waals surface area contributed by atoms with E-state index in [4.69, 9.17) is 0 Å². The molecule has 1 N–H and O–H groups in total. The van der Waals surface area contributed by atoms with Gasteiger partial charge in [-0.25, -0.2) is 9.07 Å². The maximum atomic E-state index is 13.7. The van der Waals surface area contributed by atoms with Crippen LogP contribution in [0.1, 0.15) is 17.4 Å². The topological polar surface area (TPSA) is 42.7 Å². The van der Waals surface area contributed by atoms with E-state index in [2.05, 4.69) is 15.6 Å². The van der Waals surface area contributed by atoms with E-state index in [1.165, 1.54) is 6.07 Å². The summed E-state index contributed by atoms with van der Waals surface area (Å²) in [6.45, 7) is 1.87. The maximum Gasteiger partial charge on any atom is 0.210 e. The number of nitrogens with one attached hydrogen (secondary N) is 1. The summed E-state index contributed by atoms with van der Waals surface area (Å²) in [4.78, 5) is 0. The van der Waals surface area contributed by atoms with Gasteiger partial charge >= 0.3 is 0 Å². The first kappa shape index (κ1) is 10.6. The standard InChI is InChI=1S/C11H11FN4S/c1-7-13-14-11-16(7)15-10(6-17-11)8-4-2-3-5-9(8)12/h2-5,10,15H,6H2,1H3. The summed E-state index contributed by atoms with van der Waals surface area (Å²) in [5.41, 5.74) is 3.91. The molecule has 0 saturated heterocycles. The Morgan fingerprint density at radius 2 is 2.24 bits per heavy atom. The maximum absolute atomic E-state index is 13.7. The highest BCUT2D eigenvalue weighted by atomic mass is 32.2. The molecule has 2 heterocycles. The highest BCUT2D eigenvalue weighted by molar-refractivity contribution is 7.99.